The molecule has 0 bridgehead atoms. The second-order valence-corrected chi connectivity index (χ2v) is 8.59. The van der Waals surface area contributed by atoms with Crippen LogP contribution in [-0.2, 0) is 14.1 Å². The van der Waals surface area contributed by atoms with Gasteiger partial charge < -0.3 is 15.2 Å². The van der Waals surface area contributed by atoms with Crippen molar-refractivity contribution in [2.45, 2.75) is 19.3 Å². The summed E-state index contributed by atoms with van der Waals surface area (Å²) in [6, 6.07) is 9.35. The molecule has 5 rings (SSSR count). The van der Waals surface area contributed by atoms with E-state index in [-0.39, 0.29) is 11.6 Å². The van der Waals surface area contributed by atoms with Crippen molar-refractivity contribution >= 4 is 50.8 Å². The van der Waals surface area contributed by atoms with E-state index in [1.165, 1.54) is 6.42 Å². The monoisotopic (exact) mass is 437 g/mol. The van der Waals surface area contributed by atoms with E-state index in [9.17, 15) is 9.59 Å². The molecule has 3 heterocycles. The maximum Gasteiger partial charge on any atom is 0.328 e. The predicted octanol–water partition coefficient (Wildman–Crippen LogP) is 4.25. The van der Waals surface area contributed by atoms with E-state index in [1.54, 1.807) is 41.6 Å². The SMILES string of the molecule is Cn1c(=O)n(C)c2cc(N3CCCCC3)c(NC(=O)c3c[nH]c4cc(Cl)ccc34)cc21. The lowest BCUT2D eigenvalue weighted by atomic mass is 10.1. The van der Waals surface area contributed by atoms with Gasteiger partial charge in [0.1, 0.15) is 0 Å². The number of aromatic nitrogens is 3. The molecule has 1 fully saturated rings. The summed E-state index contributed by atoms with van der Waals surface area (Å²) >= 11 is 6.07. The Morgan fingerprint density at radius 1 is 1.03 bits per heavy atom. The second kappa shape index (κ2) is 7.50. The van der Waals surface area contributed by atoms with Crippen LogP contribution in [0.1, 0.15) is 29.6 Å². The largest absolute Gasteiger partial charge is 0.370 e. The zero-order chi connectivity index (χ0) is 21.7. The van der Waals surface area contributed by atoms with Gasteiger partial charge >= 0.3 is 5.69 Å². The molecule has 0 saturated carbocycles. The van der Waals surface area contributed by atoms with Gasteiger partial charge in [0.2, 0.25) is 0 Å². The van der Waals surface area contributed by atoms with Gasteiger partial charge in [-0.05, 0) is 43.5 Å². The number of aryl methyl sites for hydroxylation is 2. The summed E-state index contributed by atoms with van der Waals surface area (Å²) < 4.78 is 3.26. The van der Waals surface area contributed by atoms with E-state index >= 15 is 0 Å². The molecule has 0 radical (unpaired) electrons. The number of benzene rings is 2. The van der Waals surface area contributed by atoms with E-state index in [0.29, 0.717) is 16.3 Å². The highest BCUT2D eigenvalue weighted by atomic mass is 35.5. The molecule has 4 aromatic rings. The normalized spacial score (nSPS) is 14.5. The number of piperidine rings is 1. The minimum absolute atomic E-state index is 0.0865. The summed E-state index contributed by atoms with van der Waals surface area (Å²) in [5.74, 6) is -0.202. The third-order valence-corrected chi connectivity index (χ3v) is 6.46. The van der Waals surface area contributed by atoms with Gasteiger partial charge in [-0.15, -0.1) is 0 Å². The van der Waals surface area contributed by atoms with Crippen LogP contribution < -0.4 is 15.9 Å². The highest BCUT2D eigenvalue weighted by Gasteiger charge is 2.21. The van der Waals surface area contributed by atoms with Gasteiger partial charge in [-0.3, -0.25) is 13.9 Å². The highest BCUT2D eigenvalue weighted by molar-refractivity contribution is 6.31. The van der Waals surface area contributed by atoms with Crippen LogP contribution in [-0.4, -0.2) is 33.1 Å². The standard InChI is InChI=1S/C23H24ClN5O2/c1-27-20-11-18(26-22(30)16-13-25-17-10-14(24)6-7-15(16)17)19(29-8-4-3-5-9-29)12-21(20)28(2)23(27)31/h6-7,10-13,25H,3-5,8-9H2,1-2H3,(H,26,30). The third kappa shape index (κ3) is 3.29. The fourth-order valence-electron chi connectivity index (χ4n) is 4.51. The number of anilines is 2. The first-order chi connectivity index (χ1) is 14.9. The average Bonchev–Trinajstić information content (AvgIpc) is 3.28. The number of hydrogen-bond donors (Lipinski definition) is 2. The van der Waals surface area contributed by atoms with E-state index < -0.39 is 0 Å². The van der Waals surface area contributed by atoms with Crippen molar-refractivity contribution in [2.24, 2.45) is 14.1 Å². The molecule has 0 atom stereocenters. The molecule has 1 amide bonds. The number of aromatic amines is 1. The summed E-state index contributed by atoms with van der Waals surface area (Å²) in [7, 11) is 3.53. The molecule has 2 N–H and O–H groups in total. The lowest BCUT2D eigenvalue weighted by molar-refractivity contribution is 0.102. The molecule has 160 valence electrons. The number of fused-ring (bicyclic) bond motifs is 2. The molecular weight excluding hydrogens is 414 g/mol. The number of halogens is 1. The quantitative estimate of drug-likeness (QED) is 0.503. The summed E-state index contributed by atoms with van der Waals surface area (Å²) in [5, 5.41) is 4.54. The van der Waals surface area contributed by atoms with Crippen molar-refractivity contribution in [3.8, 4) is 0 Å². The molecule has 8 heteroatoms. The number of rotatable bonds is 3. The molecule has 31 heavy (non-hydrogen) atoms. The third-order valence-electron chi connectivity index (χ3n) is 6.22. The van der Waals surface area contributed by atoms with E-state index in [4.69, 9.17) is 11.6 Å². The number of H-pyrrole nitrogens is 1. The first-order valence-corrected chi connectivity index (χ1v) is 10.8. The topological polar surface area (TPSA) is 75.1 Å². The van der Waals surface area contributed by atoms with Gasteiger partial charge in [0.15, 0.2) is 0 Å². The van der Waals surface area contributed by atoms with Crippen molar-refractivity contribution in [3.63, 3.8) is 0 Å². The number of nitrogens with one attached hydrogen (secondary N) is 2. The van der Waals surface area contributed by atoms with E-state index in [1.807, 2.05) is 18.2 Å². The molecule has 7 nitrogen and oxygen atoms in total. The van der Waals surface area contributed by atoms with Crippen LogP contribution in [0.15, 0.2) is 41.3 Å². The minimum atomic E-state index is -0.202. The van der Waals surface area contributed by atoms with Crippen LogP contribution in [0.4, 0.5) is 11.4 Å². The van der Waals surface area contributed by atoms with Crippen LogP contribution in [0.3, 0.4) is 0 Å². The van der Waals surface area contributed by atoms with Crippen LogP contribution >= 0.6 is 11.6 Å². The molecule has 1 saturated heterocycles. The molecule has 0 spiro atoms. The molecule has 2 aromatic heterocycles. The summed E-state index contributed by atoms with van der Waals surface area (Å²) in [5.41, 5.74) is 4.58. The Hall–Kier alpha value is -3.19. The molecule has 1 aliphatic rings. The zero-order valence-corrected chi connectivity index (χ0v) is 18.3. The van der Waals surface area contributed by atoms with Crippen molar-refractivity contribution in [2.75, 3.05) is 23.3 Å². The summed E-state index contributed by atoms with van der Waals surface area (Å²) in [6.45, 7) is 1.86. The van der Waals surface area contributed by atoms with Gasteiger partial charge in [-0.2, -0.15) is 0 Å². The second-order valence-electron chi connectivity index (χ2n) is 8.15. The van der Waals surface area contributed by atoms with E-state index in [0.717, 1.165) is 53.6 Å². The van der Waals surface area contributed by atoms with Crippen LogP contribution in [0.2, 0.25) is 5.02 Å². The maximum absolute atomic E-state index is 13.2. The van der Waals surface area contributed by atoms with Crippen molar-refractivity contribution in [1.29, 1.82) is 0 Å². The van der Waals surface area contributed by atoms with Crippen molar-refractivity contribution < 1.29 is 4.79 Å². The van der Waals surface area contributed by atoms with E-state index in [2.05, 4.69) is 15.2 Å². The number of hydrogen-bond acceptors (Lipinski definition) is 3. The van der Waals surface area contributed by atoms with Crippen LogP contribution in [0, 0.1) is 0 Å². The van der Waals surface area contributed by atoms with Gasteiger partial charge in [0, 0.05) is 49.3 Å². The van der Waals surface area contributed by atoms with Crippen molar-refractivity contribution in [3.05, 3.63) is 57.6 Å². The number of nitrogens with zero attached hydrogens (tertiary/aromatic N) is 3. The fourth-order valence-corrected chi connectivity index (χ4v) is 4.68. The lowest BCUT2D eigenvalue weighted by Crippen LogP contribution is -2.30. The first-order valence-electron chi connectivity index (χ1n) is 10.5. The molecular formula is C23H24ClN5O2. The Labute approximate surface area is 184 Å². The molecule has 1 aliphatic heterocycles. The molecule has 0 aliphatic carbocycles. The molecule has 2 aromatic carbocycles. The van der Waals surface area contributed by atoms with Gasteiger partial charge in [-0.25, -0.2) is 4.79 Å². The number of amides is 1. The molecule has 0 unspecified atom stereocenters. The smallest absolute Gasteiger partial charge is 0.328 e. The Kier molecular flexibility index (Phi) is 4.78. The van der Waals surface area contributed by atoms with Crippen LogP contribution in [0.25, 0.3) is 21.9 Å². The predicted molar refractivity (Wildman–Crippen MR) is 125 cm³/mol. The Morgan fingerprint density at radius 3 is 2.48 bits per heavy atom. The Morgan fingerprint density at radius 2 is 1.74 bits per heavy atom. The number of imidazole rings is 1. The lowest BCUT2D eigenvalue weighted by Gasteiger charge is -2.30. The van der Waals surface area contributed by atoms with Crippen LogP contribution in [0.5, 0.6) is 0 Å². The maximum atomic E-state index is 13.2. The van der Waals surface area contributed by atoms with Crippen molar-refractivity contribution in [1.82, 2.24) is 14.1 Å². The van der Waals surface area contributed by atoms with Gasteiger partial charge in [0.25, 0.3) is 5.91 Å². The van der Waals surface area contributed by atoms with Gasteiger partial charge in [0.05, 0.1) is 28.0 Å². The Bertz CT molecular complexity index is 1370. The minimum Gasteiger partial charge on any atom is -0.370 e. The zero-order valence-electron chi connectivity index (χ0n) is 17.5. The summed E-state index contributed by atoms with van der Waals surface area (Å²) in [6.07, 6.45) is 5.14. The number of carbonyl (C=O) groups excluding carboxylic acids is 1. The number of carbonyl (C=O) groups is 1. The average molecular weight is 438 g/mol. The highest BCUT2D eigenvalue weighted by Crippen LogP contribution is 2.33. The fraction of sp³-hybridized carbons (Fsp3) is 0.304. The summed E-state index contributed by atoms with van der Waals surface area (Å²) in [4.78, 5) is 31.1. The first kappa shape index (κ1) is 19.8. The Balaban J connectivity index is 1.60. The van der Waals surface area contributed by atoms with Gasteiger partial charge in [-0.1, -0.05) is 17.7 Å².